The van der Waals surface area contributed by atoms with Gasteiger partial charge in [0.15, 0.2) is 0 Å². The van der Waals surface area contributed by atoms with Crippen molar-refractivity contribution < 1.29 is 4.42 Å². The number of hydrogen-bond donors (Lipinski definition) is 0. The topological polar surface area (TPSA) is 29.3 Å². The predicted octanol–water partition coefficient (Wildman–Crippen LogP) is 14.3. The summed E-state index contributed by atoms with van der Waals surface area (Å²) in [6.45, 7) is 0. The average molecular weight is 697 g/mol. The standard InChI is InChI=1S/C49H32N2OS/c1-4-10-33(11-5-1)34-16-18-35(19-17-34)36-20-25-41(26-21-36)51(40-14-8-3-9-15-40)42-27-22-37(23-28-42)39-24-30-45-43(32-39)47-46(52-45)31-29-44-48(47)53-49(50-44)38-12-6-2-7-13-38/h1-32H. The smallest absolute Gasteiger partial charge is 0.137 e. The molecule has 2 aromatic heterocycles. The first-order valence-corrected chi connectivity index (χ1v) is 18.6. The molecule has 0 fully saturated rings. The second kappa shape index (κ2) is 13.1. The molecule has 0 N–H and O–H groups in total. The molecule has 4 heteroatoms. The van der Waals surface area contributed by atoms with Gasteiger partial charge in [-0.3, -0.25) is 0 Å². The van der Waals surface area contributed by atoms with Gasteiger partial charge in [0, 0.05) is 33.4 Å². The first-order chi connectivity index (χ1) is 26.2. The van der Waals surface area contributed by atoms with E-state index < -0.39 is 0 Å². The molecule has 0 saturated carbocycles. The third kappa shape index (κ3) is 5.76. The Balaban J connectivity index is 0.978. The molecule has 3 nitrogen and oxygen atoms in total. The summed E-state index contributed by atoms with van der Waals surface area (Å²) >= 11 is 1.72. The summed E-state index contributed by atoms with van der Waals surface area (Å²) in [5.74, 6) is 0. The van der Waals surface area contributed by atoms with Gasteiger partial charge in [0.1, 0.15) is 16.2 Å². The number of hydrogen-bond acceptors (Lipinski definition) is 4. The van der Waals surface area contributed by atoms with Gasteiger partial charge in [-0.2, -0.15) is 0 Å². The quantitative estimate of drug-likeness (QED) is 0.166. The van der Waals surface area contributed by atoms with Gasteiger partial charge in [0.2, 0.25) is 0 Å². The molecule has 0 bridgehead atoms. The Morgan fingerprint density at radius 1 is 0.396 bits per heavy atom. The summed E-state index contributed by atoms with van der Waals surface area (Å²) in [5, 5.41) is 3.25. The number of anilines is 3. The van der Waals surface area contributed by atoms with Crippen LogP contribution in [0.25, 0.3) is 76.1 Å². The zero-order chi connectivity index (χ0) is 35.1. The lowest BCUT2D eigenvalue weighted by atomic mass is 10.00. The molecule has 0 amide bonds. The largest absolute Gasteiger partial charge is 0.456 e. The molecule has 0 aliphatic carbocycles. The number of aromatic nitrogens is 1. The third-order valence-corrected chi connectivity index (χ3v) is 11.1. The first kappa shape index (κ1) is 31.0. The van der Waals surface area contributed by atoms with Gasteiger partial charge < -0.3 is 9.32 Å². The third-order valence-electron chi connectivity index (χ3n) is 9.93. The van der Waals surface area contributed by atoms with E-state index in [9.17, 15) is 0 Å². The molecule has 250 valence electrons. The Hall–Kier alpha value is -6.75. The van der Waals surface area contributed by atoms with E-state index in [0.29, 0.717) is 0 Å². The highest BCUT2D eigenvalue weighted by Gasteiger charge is 2.17. The number of thiazole rings is 1. The Bertz CT molecular complexity index is 2840. The van der Waals surface area contributed by atoms with Gasteiger partial charge in [0.25, 0.3) is 0 Å². The van der Waals surface area contributed by atoms with Crippen molar-refractivity contribution in [2.45, 2.75) is 0 Å². The monoisotopic (exact) mass is 696 g/mol. The number of nitrogens with zero attached hydrogens (tertiary/aromatic N) is 2. The van der Waals surface area contributed by atoms with Crippen LogP contribution in [0, 0.1) is 0 Å². The SMILES string of the molecule is c1ccc(-c2ccc(-c3ccc(N(c4ccccc4)c4ccc(-c5ccc6oc7ccc8nc(-c9ccccc9)sc8c7c6c5)cc4)cc3)cc2)cc1. The summed E-state index contributed by atoms with van der Waals surface area (Å²) in [5.41, 5.74) is 14.3. The average Bonchev–Trinajstić information content (AvgIpc) is 3.84. The van der Waals surface area contributed by atoms with Gasteiger partial charge in [-0.05, 0) is 94.0 Å². The second-order valence-electron chi connectivity index (χ2n) is 13.2. The van der Waals surface area contributed by atoms with Crippen LogP contribution in [0.1, 0.15) is 0 Å². The van der Waals surface area contributed by atoms with Crippen molar-refractivity contribution >= 4 is 60.6 Å². The fourth-order valence-corrected chi connectivity index (χ4v) is 8.37. The van der Waals surface area contributed by atoms with Crippen molar-refractivity contribution in [2.75, 3.05) is 4.90 Å². The maximum Gasteiger partial charge on any atom is 0.137 e. The minimum Gasteiger partial charge on any atom is -0.456 e. The van der Waals surface area contributed by atoms with Crippen LogP contribution in [0.3, 0.4) is 0 Å². The molecule has 0 unspecified atom stereocenters. The van der Waals surface area contributed by atoms with E-state index in [4.69, 9.17) is 9.40 Å². The van der Waals surface area contributed by atoms with Crippen LogP contribution in [-0.2, 0) is 0 Å². The first-order valence-electron chi connectivity index (χ1n) is 17.8. The lowest BCUT2D eigenvalue weighted by Gasteiger charge is -2.26. The number of furan rings is 1. The number of para-hydroxylation sites is 1. The highest BCUT2D eigenvalue weighted by Crippen LogP contribution is 2.42. The fraction of sp³-hybridized carbons (Fsp3) is 0. The molecule has 0 aliphatic heterocycles. The minimum atomic E-state index is 0.883. The van der Waals surface area contributed by atoms with Crippen molar-refractivity contribution in [3.63, 3.8) is 0 Å². The van der Waals surface area contributed by atoms with E-state index in [2.05, 4.69) is 187 Å². The summed E-state index contributed by atoms with van der Waals surface area (Å²) in [7, 11) is 0. The Kier molecular flexibility index (Phi) is 7.67. The van der Waals surface area contributed by atoms with E-state index in [-0.39, 0.29) is 0 Å². The molecule has 53 heavy (non-hydrogen) atoms. The zero-order valence-corrected chi connectivity index (χ0v) is 29.5. The number of fused-ring (bicyclic) bond motifs is 5. The van der Waals surface area contributed by atoms with Gasteiger partial charge in [0.05, 0.1) is 10.2 Å². The van der Waals surface area contributed by atoms with Crippen LogP contribution in [-0.4, -0.2) is 4.98 Å². The van der Waals surface area contributed by atoms with Crippen molar-refractivity contribution in [2.24, 2.45) is 0 Å². The minimum absolute atomic E-state index is 0.883. The van der Waals surface area contributed by atoms with E-state index in [0.717, 1.165) is 70.9 Å². The Labute approximate surface area is 311 Å². The maximum absolute atomic E-state index is 6.35. The fourth-order valence-electron chi connectivity index (χ4n) is 7.25. The van der Waals surface area contributed by atoms with Crippen molar-refractivity contribution in [1.82, 2.24) is 4.98 Å². The lowest BCUT2D eigenvalue weighted by molar-refractivity contribution is 0.669. The zero-order valence-electron chi connectivity index (χ0n) is 28.7. The van der Waals surface area contributed by atoms with Gasteiger partial charge in [-0.15, -0.1) is 11.3 Å². The van der Waals surface area contributed by atoms with Gasteiger partial charge in [-0.25, -0.2) is 4.98 Å². The molecule has 0 atom stereocenters. The van der Waals surface area contributed by atoms with Crippen molar-refractivity contribution in [3.8, 4) is 44.0 Å². The molecular formula is C49H32N2OS. The predicted molar refractivity (Wildman–Crippen MR) is 223 cm³/mol. The van der Waals surface area contributed by atoms with Crippen molar-refractivity contribution in [3.05, 3.63) is 194 Å². The van der Waals surface area contributed by atoms with Crippen LogP contribution in [0.5, 0.6) is 0 Å². The summed E-state index contributed by atoms with van der Waals surface area (Å²) in [4.78, 5) is 7.29. The number of rotatable bonds is 7. The van der Waals surface area contributed by atoms with E-state index >= 15 is 0 Å². The molecule has 10 rings (SSSR count). The van der Waals surface area contributed by atoms with Crippen LogP contribution < -0.4 is 4.90 Å². The highest BCUT2D eigenvalue weighted by molar-refractivity contribution is 7.22. The van der Waals surface area contributed by atoms with Gasteiger partial charge in [-0.1, -0.05) is 133 Å². The second-order valence-corrected chi connectivity index (χ2v) is 14.2. The Morgan fingerprint density at radius 3 is 1.45 bits per heavy atom. The van der Waals surface area contributed by atoms with Crippen LogP contribution in [0.4, 0.5) is 17.1 Å². The summed E-state index contributed by atoms with van der Waals surface area (Å²) in [6.07, 6.45) is 0. The molecule has 0 radical (unpaired) electrons. The van der Waals surface area contributed by atoms with E-state index in [1.54, 1.807) is 11.3 Å². The van der Waals surface area contributed by atoms with E-state index in [1.807, 2.05) is 12.1 Å². The molecule has 10 aromatic rings. The molecular weight excluding hydrogens is 665 g/mol. The molecule has 8 aromatic carbocycles. The summed E-state index contributed by atoms with van der Waals surface area (Å²) < 4.78 is 7.50. The number of benzene rings is 8. The van der Waals surface area contributed by atoms with Crippen molar-refractivity contribution in [1.29, 1.82) is 0 Å². The lowest BCUT2D eigenvalue weighted by Crippen LogP contribution is -2.09. The van der Waals surface area contributed by atoms with Crippen LogP contribution in [0.2, 0.25) is 0 Å². The molecule has 0 spiro atoms. The summed E-state index contributed by atoms with van der Waals surface area (Å²) in [6, 6.07) is 68.6. The normalized spacial score (nSPS) is 11.4. The van der Waals surface area contributed by atoms with Crippen LogP contribution >= 0.6 is 11.3 Å². The molecule has 0 saturated heterocycles. The van der Waals surface area contributed by atoms with Gasteiger partial charge >= 0.3 is 0 Å². The Morgan fingerprint density at radius 2 is 0.849 bits per heavy atom. The van der Waals surface area contributed by atoms with Crippen LogP contribution in [0.15, 0.2) is 199 Å². The highest BCUT2D eigenvalue weighted by atomic mass is 32.1. The maximum atomic E-state index is 6.35. The molecule has 0 aliphatic rings. The van der Waals surface area contributed by atoms with E-state index in [1.165, 1.54) is 22.3 Å². The molecule has 2 heterocycles.